The molecule has 0 fully saturated rings. The van der Waals surface area contributed by atoms with E-state index in [0.717, 1.165) is 0 Å². The monoisotopic (exact) mass is 460 g/mol. The second-order valence-corrected chi connectivity index (χ2v) is 7.15. The number of amides is 2. The van der Waals surface area contributed by atoms with Crippen LogP contribution in [0.1, 0.15) is 20.8 Å². The number of nitrogens with one attached hydrogen (secondary N) is 2. The first-order chi connectivity index (χ1) is 16.5. The lowest BCUT2D eigenvalue weighted by atomic mass is 10.2. The number of carbonyl (C=O) groups excluding carboxylic acids is 2. The van der Waals surface area contributed by atoms with Crippen LogP contribution in [0.2, 0.25) is 0 Å². The summed E-state index contributed by atoms with van der Waals surface area (Å²) in [7, 11) is 2.90. The summed E-state index contributed by atoms with van der Waals surface area (Å²) in [4.78, 5) is 29.7. The fourth-order valence-corrected chi connectivity index (χ4v) is 3.33. The Balaban J connectivity index is 1.60. The van der Waals surface area contributed by atoms with Crippen LogP contribution in [-0.4, -0.2) is 35.6 Å². The van der Waals surface area contributed by atoms with Crippen LogP contribution >= 0.6 is 0 Å². The summed E-state index contributed by atoms with van der Waals surface area (Å²) in [6.07, 6.45) is 2.86. The summed E-state index contributed by atoms with van der Waals surface area (Å²) in [5.74, 6) is -0.534. The van der Waals surface area contributed by atoms with E-state index in [2.05, 4.69) is 15.6 Å². The number of ether oxygens (including phenoxy) is 2. The van der Waals surface area contributed by atoms with Gasteiger partial charge >= 0.3 is 0 Å². The Morgan fingerprint density at radius 3 is 2.03 bits per heavy atom. The van der Waals surface area contributed by atoms with E-state index in [4.69, 9.17) is 9.47 Å². The smallest absolute Gasteiger partial charge is 0.274 e. The zero-order chi connectivity index (χ0) is 24.1. The molecule has 172 valence electrons. The Bertz CT molecular complexity index is 1320. The van der Waals surface area contributed by atoms with E-state index in [1.807, 2.05) is 6.07 Å². The van der Waals surface area contributed by atoms with Gasteiger partial charge in [0.05, 0.1) is 38.1 Å². The van der Waals surface area contributed by atoms with Crippen molar-refractivity contribution in [1.29, 1.82) is 0 Å². The first-order valence-corrected chi connectivity index (χ1v) is 10.2. The van der Waals surface area contributed by atoms with Crippen LogP contribution in [0.4, 0.5) is 15.8 Å². The fraction of sp³-hybridized carbons (Fsp3) is 0.0800. The number of anilines is 2. The van der Waals surface area contributed by atoms with Crippen molar-refractivity contribution in [3.8, 4) is 17.2 Å². The Labute approximate surface area is 195 Å². The minimum Gasteiger partial charge on any atom is -0.494 e. The fourth-order valence-electron chi connectivity index (χ4n) is 3.33. The third-order valence-electron chi connectivity index (χ3n) is 5.03. The van der Waals surface area contributed by atoms with Crippen LogP contribution in [0.5, 0.6) is 11.5 Å². The second-order valence-electron chi connectivity index (χ2n) is 7.15. The predicted molar refractivity (Wildman–Crippen MR) is 125 cm³/mol. The minimum absolute atomic E-state index is 0.231. The number of methoxy groups -OCH3 is 2. The number of halogens is 1. The number of imidazole rings is 1. The molecule has 4 rings (SSSR count). The maximum Gasteiger partial charge on any atom is 0.274 e. The Kier molecular flexibility index (Phi) is 6.54. The molecule has 1 heterocycles. The number of benzene rings is 3. The average Bonchev–Trinajstić information content (AvgIpc) is 3.35. The molecule has 0 unspecified atom stereocenters. The molecule has 0 bridgehead atoms. The van der Waals surface area contributed by atoms with E-state index in [9.17, 15) is 14.0 Å². The van der Waals surface area contributed by atoms with Gasteiger partial charge in [-0.1, -0.05) is 18.2 Å². The number of hydrogen-bond acceptors (Lipinski definition) is 5. The highest BCUT2D eigenvalue weighted by Gasteiger charge is 2.19. The third-order valence-corrected chi connectivity index (χ3v) is 5.03. The minimum atomic E-state index is -0.469. The lowest BCUT2D eigenvalue weighted by Gasteiger charge is -2.16. The molecule has 1 aromatic heterocycles. The Morgan fingerprint density at radius 2 is 1.44 bits per heavy atom. The number of nitrogens with zero attached hydrogens (tertiary/aromatic N) is 2. The molecule has 8 nitrogen and oxygen atoms in total. The molecule has 2 amide bonds. The largest absolute Gasteiger partial charge is 0.494 e. The highest BCUT2D eigenvalue weighted by atomic mass is 19.1. The molecule has 0 atom stereocenters. The first-order valence-electron chi connectivity index (χ1n) is 10.2. The van der Waals surface area contributed by atoms with Gasteiger partial charge in [0.2, 0.25) is 0 Å². The molecule has 0 radical (unpaired) electrons. The quantitative estimate of drug-likeness (QED) is 0.423. The van der Waals surface area contributed by atoms with Crippen molar-refractivity contribution in [3.05, 3.63) is 96.3 Å². The van der Waals surface area contributed by atoms with Gasteiger partial charge in [-0.25, -0.2) is 9.37 Å². The molecule has 34 heavy (non-hydrogen) atoms. The molecule has 0 spiro atoms. The zero-order valence-corrected chi connectivity index (χ0v) is 18.4. The topological polar surface area (TPSA) is 94.5 Å². The highest BCUT2D eigenvalue weighted by molar-refractivity contribution is 6.07. The van der Waals surface area contributed by atoms with E-state index in [-0.39, 0.29) is 17.4 Å². The van der Waals surface area contributed by atoms with Gasteiger partial charge in [0.1, 0.15) is 23.0 Å². The molecule has 0 aliphatic heterocycles. The van der Waals surface area contributed by atoms with Crippen molar-refractivity contribution in [2.24, 2.45) is 0 Å². The van der Waals surface area contributed by atoms with Crippen LogP contribution in [0.3, 0.4) is 0 Å². The average molecular weight is 460 g/mol. The first kappa shape index (κ1) is 22.5. The van der Waals surface area contributed by atoms with Crippen LogP contribution < -0.4 is 20.1 Å². The maximum atomic E-state index is 13.3. The predicted octanol–water partition coefficient (Wildman–Crippen LogP) is 4.53. The molecule has 3 aromatic carbocycles. The second kappa shape index (κ2) is 9.86. The van der Waals surface area contributed by atoms with E-state index >= 15 is 0 Å². The van der Waals surface area contributed by atoms with Gasteiger partial charge in [0.15, 0.2) is 0 Å². The van der Waals surface area contributed by atoms with Crippen LogP contribution in [0.25, 0.3) is 5.69 Å². The molecule has 0 saturated carbocycles. The van der Waals surface area contributed by atoms with Gasteiger partial charge < -0.3 is 20.1 Å². The summed E-state index contributed by atoms with van der Waals surface area (Å²) in [6.45, 7) is 0. The molecular weight excluding hydrogens is 439 g/mol. The lowest BCUT2D eigenvalue weighted by Crippen LogP contribution is -2.17. The van der Waals surface area contributed by atoms with Gasteiger partial charge in [-0.2, -0.15) is 0 Å². The van der Waals surface area contributed by atoms with Gasteiger partial charge in [-0.05, 0) is 36.4 Å². The lowest BCUT2D eigenvalue weighted by molar-refractivity contribution is 0.101. The van der Waals surface area contributed by atoms with E-state index in [1.165, 1.54) is 43.4 Å². The summed E-state index contributed by atoms with van der Waals surface area (Å²) in [5, 5.41) is 5.58. The van der Waals surface area contributed by atoms with Crippen molar-refractivity contribution >= 4 is 23.2 Å². The van der Waals surface area contributed by atoms with Crippen molar-refractivity contribution < 1.29 is 23.5 Å². The molecule has 4 aromatic rings. The summed E-state index contributed by atoms with van der Waals surface area (Å²) < 4.78 is 25.7. The Hall–Kier alpha value is -4.66. The molecule has 0 saturated heterocycles. The van der Waals surface area contributed by atoms with Crippen molar-refractivity contribution in [2.45, 2.75) is 0 Å². The van der Waals surface area contributed by atoms with Gasteiger partial charge in [0, 0.05) is 23.4 Å². The molecule has 0 aliphatic rings. The third kappa shape index (κ3) is 4.73. The van der Waals surface area contributed by atoms with Gasteiger partial charge in [-0.3, -0.25) is 14.2 Å². The summed E-state index contributed by atoms with van der Waals surface area (Å²) in [6, 6.07) is 17.5. The van der Waals surface area contributed by atoms with E-state index < -0.39 is 5.91 Å². The number of hydrogen-bond donors (Lipinski definition) is 2. The van der Waals surface area contributed by atoms with Crippen molar-refractivity contribution in [1.82, 2.24) is 9.55 Å². The van der Waals surface area contributed by atoms with Crippen LogP contribution in [-0.2, 0) is 0 Å². The van der Waals surface area contributed by atoms with E-state index in [1.54, 1.807) is 48.5 Å². The van der Waals surface area contributed by atoms with Crippen LogP contribution in [0, 0.1) is 5.82 Å². The van der Waals surface area contributed by atoms with Crippen molar-refractivity contribution in [2.75, 3.05) is 24.9 Å². The zero-order valence-electron chi connectivity index (χ0n) is 18.4. The van der Waals surface area contributed by atoms with E-state index in [0.29, 0.717) is 34.1 Å². The number of carbonyl (C=O) groups is 2. The van der Waals surface area contributed by atoms with Gasteiger partial charge in [-0.15, -0.1) is 0 Å². The maximum absolute atomic E-state index is 13.3. The SMILES string of the molecule is COc1cc(NC(=O)c2cncn2-c2ccc(F)cc2)c(OC)cc1NC(=O)c1ccccc1. The summed E-state index contributed by atoms with van der Waals surface area (Å²) >= 11 is 0. The Morgan fingerprint density at radius 1 is 0.853 bits per heavy atom. The van der Waals surface area contributed by atoms with Gasteiger partial charge in [0.25, 0.3) is 11.8 Å². The highest BCUT2D eigenvalue weighted by Crippen LogP contribution is 2.37. The number of rotatable bonds is 7. The molecule has 9 heteroatoms. The molecular formula is C25H21FN4O4. The summed E-state index contributed by atoms with van der Waals surface area (Å²) in [5.41, 5.74) is 1.99. The van der Waals surface area contributed by atoms with Crippen LogP contribution in [0.15, 0.2) is 79.3 Å². The number of aromatic nitrogens is 2. The molecule has 0 aliphatic carbocycles. The standard InChI is InChI=1S/C25H21FN4O4/c1-33-22-13-20(23(34-2)12-19(22)28-24(31)16-6-4-3-5-7-16)29-25(32)21-14-27-15-30(21)18-10-8-17(26)9-11-18/h3-15H,1-2H3,(H,28,31)(H,29,32). The normalized spacial score (nSPS) is 10.4. The van der Waals surface area contributed by atoms with Crippen molar-refractivity contribution in [3.63, 3.8) is 0 Å². The molecule has 2 N–H and O–H groups in total.